The van der Waals surface area contributed by atoms with E-state index in [1.165, 1.54) is 0 Å². The fraction of sp³-hybridized carbons (Fsp3) is 0.333. The maximum absolute atomic E-state index is 10.6. The van der Waals surface area contributed by atoms with Crippen LogP contribution in [0.3, 0.4) is 0 Å². The highest BCUT2D eigenvalue weighted by molar-refractivity contribution is 5.76. The Kier molecular flexibility index (Phi) is 2.84. The Hall–Kier alpha value is -1.58. The molecule has 2 N–H and O–H groups in total. The predicted molar refractivity (Wildman–Crippen MR) is 51.5 cm³/mol. The van der Waals surface area contributed by atoms with Gasteiger partial charge in [-0.15, -0.1) is 0 Å². The summed E-state index contributed by atoms with van der Waals surface area (Å²) in [6.07, 6.45) is 1.92. The highest BCUT2D eigenvalue weighted by Crippen LogP contribution is 2.07. The number of hydrogen-bond acceptors (Lipinski definition) is 3. The minimum atomic E-state index is -0.334. The van der Waals surface area contributed by atoms with Gasteiger partial charge in [0.15, 0.2) is 0 Å². The summed E-state index contributed by atoms with van der Waals surface area (Å²) in [7, 11) is 3.83. The van der Waals surface area contributed by atoms with Crippen molar-refractivity contribution in [2.75, 3.05) is 19.0 Å². The number of carbonyl (C=O) groups is 1. The maximum Gasteiger partial charge on any atom is 0.221 e. The summed E-state index contributed by atoms with van der Waals surface area (Å²) < 4.78 is 0. The highest BCUT2D eigenvalue weighted by atomic mass is 16.1. The van der Waals surface area contributed by atoms with E-state index in [2.05, 4.69) is 4.98 Å². The second kappa shape index (κ2) is 3.89. The Balaban J connectivity index is 2.75. The molecule has 70 valence electrons. The first kappa shape index (κ1) is 9.51. The lowest BCUT2D eigenvalue weighted by molar-refractivity contribution is -0.117. The minimum Gasteiger partial charge on any atom is -0.369 e. The Morgan fingerprint density at radius 1 is 1.54 bits per heavy atom. The molecule has 0 fully saturated rings. The normalized spacial score (nSPS) is 9.69. The summed E-state index contributed by atoms with van der Waals surface area (Å²) in [5.74, 6) is 0.535. The summed E-state index contributed by atoms with van der Waals surface area (Å²) in [6.45, 7) is 0. The lowest BCUT2D eigenvalue weighted by Gasteiger charge is -2.10. The zero-order valence-corrected chi connectivity index (χ0v) is 7.82. The van der Waals surface area contributed by atoms with E-state index in [0.29, 0.717) is 0 Å². The van der Waals surface area contributed by atoms with Gasteiger partial charge in [-0.2, -0.15) is 0 Å². The molecule has 0 aliphatic heterocycles. The van der Waals surface area contributed by atoms with Gasteiger partial charge in [0.2, 0.25) is 5.91 Å². The van der Waals surface area contributed by atoms with Crippen molar-refractivity contribution in [3.8, 4) is 0 Å². The molecular formula is C9H13N3O. The third kappa shape index (κ3) is 2.74. The van der Waals surface area contributed by atoms with Crippen LogP contribution in [0.25, 0.3) is 0 Å². The summed E-state index contributed by atoms with van der Waals surface area (Å²) in [4.78, 5) is 16.6. The van der Waals surface area contributed by atoms with Gasteiger partial charge in [0, 0.05) is 20.3 Å². The standard InChI is InChI=1S/C9H13N3O/c1-12(2)9-4-3-7(6-11-9)5-8(10)13/h3-4,6H,5H2,1-2H3,(H2,10,13). The van der Waals surface area contributed by atoms with Crippen molar-refractivity contribution in [2.45, 2.75) is 6.42 Å². The fourth-order valence-corrected chi connectivity index (χ4v) is 0.987. The van der Waals surface area contributed by atoms with E-state index in [1.54, 1.807) is 6.20 Å². The number of nitrogens with zero attached hydrogens (tertiary/aromatic N) is 2. The Morgan fingerprint density at radius 2 is 2.23 bits per heavy atom. The van der Waals surface area contributed by atoms with Crippen molar-refractivity contribution in [3.05, 3.63) is 23.9 Å². The molecule has 0 spiro atoms. The van der Waals surface area contributed by atoms with E-state index in [-0.39, 0.29) is 12.3 Å². The molecule has 0 saturated heterocycles. The van der Waals surface area contributed by atoms with Crippen molar-refractivity contribution in [1.82, 2.24) is 4.98 Å². The summed E-state index contributed by atoms with van der Waals surface area (Å²) in [6, 6.07) is 3.71. The van der Waals surface area contributed by atoms with Crippen LogP contribution in [0.2, 0.25) is 0 Å². The number of carbonyl (C=O) groups excluding carboxylic acids is 1. The summed E-state index contributed by atoms with van der Waals surface area (Å²) in [5, 5.41) is 0. The molecule has 1 heterocycles. The van der Waals surface area contributed by atoms with Gasteiger partial charge in [0.1, 0.15) is 5.82 Å². The van der Waals surface area contributed by atoms with E-state index in [1.807, 2.05) is 31.1 Å². The largest absolute Gasteiger partial charge is 0.369 e. The molecule has 4 nitrogen and oxygen atoms in total. The van der Waals surface area contributed by atoms with Crippen LogP contribution in [0.5, 0.6) is 0 Å². The van der Waals surface area contributed by atoms with Crippen LogP contribution >= 0.6 is 0 Å². The molecule has 0 aliphatic carbocycles. The smallest absolute Gasteiger partial charge is 0.221 e. The fourth-order valence-electron chi connectivity index (χ4n) is 0.987. The third-order valence-electron chi connectivity index (χ3n) is 1.65. The SMILES string of the molecule is CN(C)c1ccc(CC(N)=O)cn1. The molecule has 0 atom stereocenters. The van der Waals surface area contributed by atoms with Gasteiger partial charge in [-0.3, -0.25) is 4.79 Å². The zero-order chi connectivity index (χ0) is 9.84. The Morgan fingerprint density at radius 3 is 2.62 bits per heavy atom. The zero-order valence-electron chi connectivity index (χ0n) is 7.82. The minimum absolute atomic E-state index is 0.251. The number of rotatable bonds is 3. The van der Waals surface area contributed by atoms with E-state index in [0.717, 1.165) is 11.4 Å². The van der Waals surface area contributed by atoms with Crippen molar-refractivity contribution >= 4 is 11.7 Å². The van der Waals surface area contributed by atoms with Gasteiger partial charge in [0.05, 0.1) is 6.42 Å². The average Bonchev–Trinajstić information content (AvgIpc) is 2.04. The van der Waals surface area contributed by atoms with Crippen molar-refractivity contribution in [3.63, 3.8) is 0 Å². The second-order valence-corrected chi connectivity index (χ2v) is 3.06. The van der Waals surface area contributed by atoms with Crippen LogP contribution in [0.15, 0.2) is 18.3 Å². The van der Waals surface area contributed by atoms with Gasteiger partial charge in [-0.1, -0.05) is 6.07 Å². The van der Waals surface area contributed by atoms with E-state index < -0.39 is 0 Å². The molecule has 13 heavy (non-hydrogen) atoms. The number of nitrogens with two attached hydrogens (primary N) is 1. The number of amides is 1. The number of pyridine rings is 1. The molecule has 1 amide bonds. The van der Waals surface area contributed by atoms with E-state index >= 15 is 0 Å². The summed E-state index contributed by atoms with van der Waals surface area (Å²) >= 11 is 0. The molecule has 0 radical (unpaired) electrons. The molecule has 1 aromatic heterocycles. The lowest BCUT2D eigenvalue weighted by atomic mass is 10.2. The van der Waals surface area contributed by atoms with Crippen LogP contribution in [0, 0.1) is 0 Å². The quantitative estimate of drug-likeness (QED) is 0.719. The Labute approximate surface area is 77.4 Å². The van der Waals surface area contributed by atoms with Gasteiger partial charge >= 0.3 is 0 Å². The van der Waals surface area contributed by atoms with Crippen molar-refractivity contribution in [1.29, 1.82) is 0 Å². The van der Waals surface area contributed by atoms with Crippen molar-refractivity contribution in [2.24, 2.45) is 5.73 Å². The number of anilines is 1. The second-order valence-electron chi connectivity index (χ2n) is 3.06. The first-order valence-corrected chi connectivity index (χ1v) is 4.00. The van der Waals surface area contributed by atoms with E-state index in [9.17, 15) is 4.79 Å². The van der Waals surface area contributed by atoms with Crippen LogP contribution in [-0.4, -0.2) is 25.0 Å². The third-order valence-corrected chi connectivity index (χ3v) is 1.65. The molecule has 0 bridgehead atoms. The van der Waals surface area contributed by atoms with Crippen LogP contribution in [0.1, 0.15) is 5.56 Å². The molecule has 1 aromatic rings. The average molecular weight is 179 g/mol. The monoisotopic (exact) mass is 179 g/mol. The van der Waals surface area contributed by atoms with Crippen LogP contribution < -0.4 is 10.6 Å². The van der Waals surface area contributed by atoms with E-state index in [4.69, 9.17) is 5.73 Å². The molecule has 0 aliphatic rings. The van der Waals surface area contributed by atoms with Crippen molar-refractivity contribution < 1.29 is 4.79 Å². The first-order chi connectivity index (χ1) is 6.09. The van der Waals surface area contributed by atoms with Gasteiger partial charge in [-0.25, -0.2) is 4.98 Å². The van der Waals surface area contributed by atoms with Gasteiger partial charge in [-0.05, 0) is 11.6 Å². The predicted octanol–water partition coefficient (Wildman–Crippen LogP) is 0.175. The Bertz CT molecular complexity index is 292. The molecule has 0 aromatic carbocycles. The van der Waals surface area contributed by atoms with Gasteiger partial charge < -0.3 is 10.6 Å². The molecule has 0 saturated carbocycles. The molecule has 1 rings (SSSR count). The first-order valence-electron chi connectivity index (χ1n) is 4.00. The maximum atomic E-state index is 10.6. The summed E-state index contributed by atoms with van der Waals surface area (Å²) in [5.41, 5.74) is 5.89. The molecular weight excluding hydrogens is 166 g/mol. The number of primary amides is 1. The lowest BCUT2D eigenvalue weighted by Crippen LogP contribution is -2.14. The molecule has 4 heteroatoms. The van der Waals surface area contributed by atoms with Crippen LogP contribution in [0.4, 0.5) is 5.82 Å². The highest BCUT2D eigenvalue weighted by Gasteiger charge is 2.00. The van der Waals surface area contributed by atoms with Crippen LogP contribution in [-0.2, 0) is 11.2 Å². The molecule has 0 unspecified atom stereocenters. The number of aromatic nitrogens is 1. The van der Waals surface area contributed by atoms with Gasteiger partial charge in [0.25, 0.3) is 0 Å². The topological polar surface area (TPSA) is 59.2 Å². The number of hydrogen-bond donors (Lipinski definition) is 1.